The van der Waals surface area contributed by atoms with Crippen LogP contribution in [0.5, 0.6) is 0 Å². The van der Waals surface area contributed by atoms with Crippen LogP contribution in [0.2, 0.25) is 0 Å². The molecule has 0 spiro atoms. The molecular weight excluding hydrogens is 242 g/mol. The first kappa shape index (κ1) is 13.9. The van der Waals surface area contributed by atoms with Gasteiger partial charge in [0.25, 0.3) is 0 Å². The minimum absolute atomic E-state index is 0.0188. The molecule has 1 aromatic rings. The third kappa shape index (κ3) is 2.96. The maximum Gasteiger partial charge on any atom is 0.337 e. The Labute approximate surface area is 102 Å². The van der Waals surface area contributed by atoms with Gasteiger partial charge < -0.3 is 25.8 Å². The molecule has 7 heteroatoms. The van der Waals surface area contributed by atoms with Crippen LogP contribution in [-0.2, 0) is 9.53 Å². The molecule has 0 fully saturated rings. The van der Waals surface area contributed by atoms with E-state index in [0.29, 0.717) is 0 Å². The monoisotopic (exact) mass is 255 g/mol. The average molecular weight is 255 g/mol. The molecule has 0 radical (unpaired) electrons. The van der Waals surface area contributed by atoms with Gasteiger partial charge in [-0.3, -0.25) is 0 Å². The third-order valence-electron chi connectivity index (χ3n) is 2.29. The van der Waals surface area contributed by atoms with Crippen LogP contribution in [0, 0.1) is 0 Å². The second-order valence-electron chi connectivity index (χ2n) is 3.61. The van der Waals surface area contributed by atoms with E-state index in [2.05, 4.69) is 4.74 Å². The highest BCUT2D eigenvalue weighted by Crippen LogP contribution is 2.22. The molecule has 18 heavy (non-hydrogen) atoms. The summed E-state index contributed by atoms with van der Waals surface area (Å²) in [5, 5.41) is 27.4. The van der Waals surface area contributed by atoms with Gasteiger partial charge in [0.05, 0.1) is 12.7 Å². The van der Waals surface area contributed by atoms with E-state index in [4.69, 9.17) is 10.8 Å². The second kappa shape index (κ2) is 5.48. The van der Waals surface area contributed by atoms with Crippen molar-refractivity contribution in [2.24, 2.45) is 0 Å². The van der Waals surface area contributed by atoms with Crippen LogP contribution in [0.3, 0.4) is 0 Å². The van der Waals surface area contributed by atoms with Crippen molar-refractivity contribution in [3.63, 3.8) is 0 Å². The van der Waals surface area contributed by atoms with Gasteiger partial charge in [0.15, 0.2) is 6.10 Å². The summed E-state index contributed by atoms with van der Waals surface area (Å²) >= 11 is 0. The first-order chi connectivity index (χ1) is 8.36. The van der Waals surface area contributed by atoms with Crippen molar-refractivity contribution in [3.8, 4) is 0 Å². The lowest BCUT2D eigenvalue weighted by Gasteiger charge is -2.15. The van der Waals surface area contributed by atoms with E-state index >= 15 is 0 Å². The molecule has 1 aromatic carbocycles. The summed E-state index contributed by atoms with van der Waals surface area (Å²) in [6.45, 7) is 0. The van der Waals surface area contributed by atoms with Crippen LogP contribution in [0.25, 0.3) is 0 Å². The van der Waals surface area contributed by atoms with E-state index in [9.17, 15) is 19.8 Å². The number of carboxylic acids is 1. The fourth-order valence-corrected chi connectivity index (χ4v) is 1.40. The zero-order chi connectivity index (χ0) is 13.9. The molecule has 0 aliphatic heterocycles. The van der Waals surface area contributed by atoms with Crippen LogP contribution in [-0.4, -0.2) is 40.5 Å². The molecule has 2 atom stereocenters. The number of rotatable bonds is 4. The summed E-state index contributed by atoms with van der Waals surface area (Å²) in [6.07, 6.45) is -3.69. The van der Waals surface area contributed by atoms with E-state index in [-0.39, 0.29) is 16.8 Å². The predicted molar refractivity (Wildman–Crippen MR) is 60.8 cm³/mol. The van der Waals surface area contributed by atoms with E-state index in [1.165, 1.54) is 25.3 Å². The number of aliphatic hydroxyl groups excluding tert-OH is 2. The molecule has 0 aliphatic rings. The Hall–Kier alpha value is -2.12. The Morgan fingerprint density at radius 3 is 2.39 bits per heavy atom. The van der Waals surface area contributed by atoms with Crippen LogP contribution in [0.15, 0.2) is 18.2 Å². The molecule has 0 bridgehead atoms. The van der Waals surface area contributed by atoms with Gasteiger partial charge in [-0.25, -0.2) is 9.59 Å². The first-order valence-electron chi connectivity index (χ1n) is 4.94. The number of aliphatic carboxylic acids is 1. The number of nitrogen functional groups attached to an aromatic ring is 1. The standard InChI is InChI=1S/C11H13NO6/c1-18-11(17)6-2-5(3-7(12)4-6)8(13)9(14)10(15)16/h2-4,8-9,13-14H,12H2,1H3,(H,15,16). The zero-order valence-corrected chi connectivity index (χ0v) is 9.53. The van der Waals surface area contributed by atoms with Crippen LogP contribution < -0.4 is 5.73 Å². The summed E-state index contributed by atoms with van der Waals surface area (Å²) in [6, 6.07) is 3.79. The molecule has 0 saturated heterocycles. The molecule has 0 aliphatic carbocycles. The minimum atomic E-state index is -2.00. The largest absolute Gasteiger partial charge is 0.479 e. The number of anilines is 1. The number of aliphatic hydroxyl groups is 2. The van der Waals surface area contributed by atoms with Gasteiger partial charge in [-0.2, -0.15) is 0 Å². The average Bonchev–Trinajstić information content (AvgIpc) is 2.34. The summed E-state index contributed by atoms with van der Waals surface area (Å²) in [5.41, 5.74) is 5.74. The molecular formula is C11H13NO6. The Balaban J connectivity index is 3.13. The maximum absolute atomic E-state index is 11.3. The number of ether oxygens (including phenoxy) is 1. The molecule has 2 unspecified atom stereocenters. The highest BCUT2D eigenvalue weighted by Gasteiger charge is 2.26. The molecule has 0 amide bonds. The van der Waals surface area contributed by atoms with Crippen LogP contribution in [0.1, 0.15) is 22.0 Å². The normalized spacial score (nSPS) is 13.7. The molecule has 0 saturated carbocycles. The number of carbonyl (C=O) groups excluding carboxylic acids is 1. The molecule has 5 N–H and O–H groups in total. The number of hydrogen-bond donors (Lipinski definition) is 4. The zero-order valence-electron chi connectivity index (χ0n) is 9.53. The Bertz CT molecular complexity index is 473. The molecule has 0 heterocycles. The van der Waals surface area contributed by atoms with Crippen molar-refractivity contribution >= 4 is 17.6 Å². The maximum atomic E-state index is 11.3. The van der Waals surface area contributed by atoms with Gasteiger partial charge in [0, 0.05) is 5.69 Å². The first-order valence-corrected chi connectivity index (χ1v) is 4.94. The number of benzene rings is 1. The molecule has 1 rings (SSSR count). The van der Waals surface area contributed by atoms with Crippen molar-refractivity contribution in [1.82, 2.24) is 0 Å². The van der Waals surface area contributed by atoms with Crippen LogP contribution >= 0.6 is 0 Å². The summed E-state index contributed by atoms with van der Waals surface area (Å²) in [4.78, 5) is 21.8. The van der Waals surface area contributed by atoms with Crippen molar-refractivity contribution in [1.29, 1.82) is 0 Å². The van der Waals surface area contributed by atoms with Gasteiger partial charge in [0.2, 0.25) is 0 Å². The topological polar surface area (TPSA) is 130 Å². The lowest BCUT2D eigenvalue weighted by Crippen LogP contribution is -2.27. The fourth-order valence-electron chi connectivity index (χ4n) is 1.40. The van der Waals surface area contributed by atoms with Gasteiger partial charge in [-0.1, -0.05) is 0 Å². The van der Waals surface area contributed by atoms with Crippen LogP contribution in [0.4, 0.5) is 5.69 Å². The van der Waals surface area contributed by atoms with Gasteiger partial charge in [-0.05, 0) is 23.8 Å². The highest BCUT2D eigenvalue weighted by atomic mass is 16.5. The van der Waals surface area contributed by atoms with Gasteiger partial charge >= 0.3 is 11.9 Å². The van der Waals surface area contributed by atoms with Crippen molar-refractivity contribution in [2.45, 2.75) is 12.2 Å². The smallest absolute Gasteiger partial charge is 0.337 e. The number of hydrogen-bond acceptors (Lipinski definition) is 6. The van der Waals surface area contributed by atoms with E-state index < -0.39 is 24.1 Å². The number of methoxy groups -OCH3 is 1. The summed E-state index contributed by atoms with van der Waals surface area (Å²) in [5.74, 6) is -2.26. The molecule has 98 valence electrons. The highest BCUT2D eigenvalue weighted by molar-refractivity contribution is 5.90. The number of esters is 1. The Morgan fingerprint density at radius 2 is 1.89 bits per heavy atom. The number of carbonyl (C=O) groups is 2. The molecule has 7 nitrogen and oxygen atoms in total. The van der Waals surface area contributed by atoms with E-state index in [1.54, 1.807) is 0 Å². The van der Waals surface area contributed by atoms with Gasteiger partial charge in [-0.15, -0.1) is 0 Å². The lowest BCUT2D eigenvalue weighted by atomic mass is 10.0. The van der Waals surface area contributed by atoms with Crippen molar-refractivity contribution < 1.29 is 29.6 Å². The van der Waals surface area contributed by atoms with E-state index in [1.807, 2.05) is 0 Å². The number of carboxylic acid groups (broad SMARTS) is 1. The molecule has 0 aromatic heterocycles. The summed E-state index contributed by atoms with van der Waals surface area (Å²) in [7, 11) is 1.17. The lowest BCUT2D eigenvalue weighted by molar-refractivity contribution is -0.153. The van der Waals surface area contributed by atoms with E-state index in [0.717, 1.165) is 0 Å². The third-order valence-corrected chi connectivity index (χ3v) is 2.29. The Kier molecular flexibility index (Phi) is 4.24. The minimum Gasteiger partial charge on any atom is -0.479 e. The Morgan fingerprint density at radius 1 is 1.28 bits per heavy atom. The van der Waals surface area contributed by atoms with Gasteiger partial charge in [0.1, 0.15) is 6.10 Å². The van der Waals surface area contributed by atoms with Crippen molar-refractivity contribution in [3.05, 3.63) is 29.3 Å². The fraction of sp³-hybridized carbons (Fsp3) is 0.273. The summed E-state index contributed by atoms with van der Waals surface area (Å²) < 4.78 is 4.48. The SMILES string of the molecule is COC(=O)c1cc(N)cc(C(O)C(O)C(=O)O)c1. The van der Waals surface area contributed by atoms with Crippen molar-refractivity contribution in [2.75, 3.05) is 12.8 Å². The number of nitrogens with two attached hydrogens (primary N) is 1. The predicted octanol–water partition coefficient (Wildman–Crippen LogP) is -0.466. The quantitative estimate of drug-likeness (QED) is 0.422. The second-order valence-corrected chi connectivity index (χ2v) is 3.61.